The zero-order valence-corrected chi connectivity index (χ0v) is 19.5. The third kappa shape index (κ3) is 7.42. The van der Waals surface area contributed by atoms with Crippen molar-refractivity contribution in [1.29, 1.82) is 0 Å². The van der Waals surface area contributed by atoms with Crippen LogP contribution in [0.25, 0.3) is 0 Å². The predicted octanol–water partition coefficient (Wildman–Crippen LogP) is 4.52. The van der Waals surface area contributed by atoms with Gasteiger partial charge in [0.25, 0.3) is 0 Å². The summed E-state index contributed by atoms with van der Waals surface area (Å²) in [5, 5.41) is 2.97. The van der Waals surface area contributed by atoms with Crippen molar-refractivity contribution in [3.05, 3.63) is 65.2 Å². The molecule has 5 heteroatoms. The first kappa shape index (κ1) is 24.4. The Bertz CT molecular complexity index is 846. The Labute approximate surface area is 186 Å². The lowest BCUT2D eigenvalue weighted by molar-refractivity contribution is -0.141. The molecule has 0 fully saturated rings. The standard InChI is InChI=1S/C26H36N2O3/c1-6-20-11-13-21(14-12-20)15-16-25(29)28(24(7-2)26(30)27-19(3)4)18-22-9-8-10-23(17-22)31-5/h8-14,17,19,24H,6-7,15-16,18H2,1-5H3,(H,27,30)/t24-/m0/s1. The smallest absolute Gasteiger partial charge is 0.243 e. The summed E-state index contributed by atoms with van der Waals surface area (Å²) in [6.45, 7) is 8.30. The molecular formula is C26H36N2O3. The molecule has 0 heterocycles. The number of carbonyl (C=O) groups is 2. The topological polar surface area (TPSA) is 58.6 Å². The lowest BCUT2D eigenvalue weighted by atomic mass is 10.0. The molecule has 0 saturated heterocycles. The van der Waals surface area contributed by atoms with Crippen molar-refractivity contribution >= 4 is 11.8 Å². The molecule has 2 rings (SSSR count). The van der Waals surface area contributed by atoms with E-state index in [0.29, 0.717) is 25.8 Å². The molecule has 2 aromatic rings. The number of nitrogens with one attached hydrogen (secondary N) is 1. The summed E-state index contributed by atoms with van der Waals surface area (Å²) in [7, 11) is 1.62. The van der Waals surface area contributed by atoms with Gasteiger partial charge >= 0.3 is 0 Å². The quantitative estimate of drug-likeness (QED) is 0.577. The molecule has 0 aromatic heterocycles. The average molecular weight is 425 g/mol. The number of hydrogen-bond donors (Lipinski definition) is 1. The highest BCUT2D eigenvalue weighted by Crippen LogP contribution is 2.19. The number of aryl methyl sites for hydroxylation is 2. The summed E-state index contributed by atoms with van der Waals surface area (Å²) in [5.41, 5.74) is 3.36. The lowest BCUT2D eigenvalue weighted by Crippen LogP contribution is -2.50. The highest BCUT2D eigenvalue weighted by Gasteiger charge is 2.28. The minimum atomic E-state index is -0.511. The number of rotatable bonds is 11. The Morgan fingerprint density at radius 1 is 1.00 bits per heavy atom. The van der Waals surface area contributed by atoms with Crippen molar-refractivity contribution in [2.24, 2.45) is 0 Å². The molecule has 0 spiro atoms. The molecule has 0 aliphatic rings. The molecule has 1 atom stereocenters. The van der Waals surface area contributed by atoms with Gasteiger partial charge in [0.1, 0.15) is 11.8 Å². The predicted molar refractivity (Wildman–Crippen MR) is 125 cm³/mol. The number of benzene rings is 2. The monoisotopic (exact) mass is 424 g/mol. The van der Waals surface area contributed by atoms with Crippen molar-refractivity contribution in [2.45, 2.75) is 72.0 Å². The Kier molecular flexibility index (Phi) is 9.57. The van der Waals surface area contributed by atoms with Crippen LogP contribution in [0.4, 0.5) is 0 Å². The fourth-order valence-electron chi connectivity index (χ4n) is 3.60. The Hall–Kier alpha value is -2.82. The van der Waals surface area contributed by atoms with E-state index in [9.17, 15) is 9.59 Å². The van der Waals surface area contributed by atoms with Gasteiger partial charge in [0.2, 0.25) is 11.8 Å². The molecule has 1 N–H and O–H groups in total. The van der Waals surface area contributed by atoms with E-state index in [4.69, 9.17) is 4.74 Å². The number of carbonyl (C=O) groups excluding carboxylic acids is 2. The molecule has 2 aromatic carbocycles. The van der Waals surface area contributed by atoms with Crippen LogP contribution in [0.3, 0.4) is 0 Å². The fraction of sp³-hybridized carbons (Fsp3) is 0.462. The van der Waals surface area contributed by atoms with E-state index >= 15 is 0 Å². The lowest BCUT2D eigenvalue weighted by Gasteiger charge is -2.31. The molecule has 0 bridgehead atoms. The molecule has 0 unspecified atom stereocenters. The van der Waals surface area contributed by atoms with Crippen molar-refractivity contribution in [3.63, 3.8) is 0 Å². The zero-order chi connectivity index (χ0) is 22.8. The van der Waals surface area contributed by atoms with Crippen molar-refractivity contribution in [2.75, 3.05) is 7.11 Å². The number of ether oxygens (including phenoxy) is 1. The van der Waals surface area contributed by atoms with Gasteiger partial charge in [0, 0.05) is 19.0 Å². The van der Waals surface area contributed by atoms with Gasteiger partial charge in [-0.15, -0.1) is 0 Å². The Balaban J connectivity index is 2.21. The van der Waals surface area contributed by atoms with E-state index in [0.717, 1.165) is 23.3 Å². The van der Waals surface area contributed by atoms with E-state index in [1.807, 2.05) is 45.0 Å². The largest absolute Gasteiger partial charge is 0.497 e. The summed E-state index contributed by atoms with van der Waals surface area (Å²) in [6, 6.07) is 15.5. The molecule has 0 saturated carbocycles. The summed E-state index contributed by atoms with van der Waals surface area (Å²) < 4.78 is 5.33. The molecule has 168 valence electrons. The van der Waals surface area contributed by atoms with Crippen LogP contribution in [0.5, 0.6) is 5.75 Å². The van der Waals surface area contributed by atoms with Crippen molar-refractivity contribution < 1.29 is 14.3 Å². The Morgan fingerprint density at radius 2 is 1.68 bits per heavy atom. The highest BCUT2D eigenvalue weighted by atomic mass is 16.5. The van der Waals surface area contributed by atoms with E-state index in [1.54, 1.807) is 12.0 Å². The zero-order valence-electron chi connectivity index (χ0n) is 19.5. The van der Waals surface area contributed by atoms with Gasteiger partial charge in [0.15, 0.2) is 0 Å². The molecule has 5 nitrogen and oxygen atoms in total. The summed E-state index contributed by atoms with van der Waals surface area (Å²) in [5.74, 6) is 0.606. The van der Waals surface area contributed by atoms with Gasteiger partial charge in [-0.05, 0) is 61.9 Å². The van der Waals surface area contributed by atoms with E-state index in [1.165, 1.54) is 5.56 Å². The molecule has 31 heavy (non-hydrogen) atoms. The summed E-state index contributed by atoms with van der Waals surface area (Å²) in [4.78, 5) is 27.9. The van der Waals surface area contributed by atoms with Gasteiger partial charge in [-0.1, -0.05) is 50.2 Å². The number of nitrogens with zero attached hydrogens (tertiary/aromatic N) is 1. The van der Waals surface area contributed by atoms with Crippen LogP contribution < -0.4 is 10.1 Å². The third-order valence-corrected chi connectivity index (χ3v) is 5.36. The third-order valence-electron chi connectivity index (χ3n) is 5.36. The number of hydrogen-bond acceptors (Lipinski definition) is 3. The SMILES string of the molecule is CCc1ccc(CCC(=O)N(Cc2cccc(OC)c2)[C@@H](CC)C(=O)NC(C)C)cc1. The second kappa shape index (κ2) is 12.1. The van der Waals surface area contributed by atoms with Gasteiger partial charge < -0.3 is 15.0 Å². The normalized spacial score (nSPS) is 11.8. The first-order chi connectivity index (χ1) is 14.9. The summed E-state index contributed by atoms with van der Waals surface area (Å²) >= 11 is 0. The van der Waals surface area contributed by atoms with Crippen molar-refractivity contribution in [1.82, 2.24) is 10.2 Å². The number of methoxy groups -OCH3 is 1. The van der Waals surface area contributed by atoms with Crippen molar-refractivity contribution in [3.8, 4) is 5.75 Å². The van der Waals surface area contributed by atoms with Crippen LogP contribution in [0.2, 0.25) is 0 Å². The first-order valence-corrected chi connectivity index (χ1v) is 11.2. The second-order valence-electron chi connectivity index (χ2n) is 8.13. The van der Waals surface area contributed by atoms with Crippen LogP contribution in [0.15, 0.2) is 48.5 Å². The molecule has 0 aliphatic carbocycles. The van der Waals surface area contributed by atoms with Gasteiger partial charge in [0.05, 0.1) is 7.11 Å². The molecule has 0 radical (unpaired) electrons. The minimum absolute atomic E-state index is 0.0202. The highest BCUT2D eigenvalue weighted by molar-refractivity contribution is 5.87. The van der Waals surface area contributed by atoms with Gasteiger partial charge in [-0.3, -0.25) is 9.59 Å². The van der Waals surface area contributed by atoms with E-state index in [2.05, 4.69) is 36.5 Å². The van der Waals surface area contributed by atoms with Crippen LogP contribution in [-0.4, -0.2) is 35.9 Å². The maximum absolute atomic E-state index is 13.3. The fourth-order valence-corrected chi connectivity index (χ4v) is 3.60. The first-order valence-electron chi connectivity index (χ1n) is 11.2. The summed E-state index contributed by atoms with van der Waals surface area (Å²) in [6.07, 6.45) is 2.57. The van der Waals surface area contributed by atoms with Crippen LogP contribution in [-0.2, 0) is 29.0 Å². The maximum atomic E-state index is 13.3. The van der Waals surface area contributed by atoms with E-state index in [-0.39, 0.29) is 17.9 Å². The van der Waals surface area contributed by atoms with Crippen LogP contribution in [0, 0.1) is 0 Å². The Morgan fingerprint density at radius 3 is 2.26 bits per heavy atom. The molecular weight excluding hydrogens is 388 g/mol. The molecule has 0 aliphatic heterocycles. The van der Waals surface area contributed by atoms with E-state index < -0.39 is 6.04 Å². The van der Waals surface area contributed by atoms with Gasteiger partial charge in [-0.2, -0.15) is 0 Å². The van der Waals surface area contributed by atoms with Crippen LogP contribution >= 0.6 is 0 Å². The van der Waals surface area contributed by atoms with Gasteiger partial charge in [-0.25, -0.2) is 0 Å². The number of amides is 2. The minimum Gasteiger partial charge on any atom is -0.497 e. The second-order valence-corrected chi connectivity index (χ2v) is 8.13. The maximum Gasteiger partial charge on any atom is 0.243 e. The average Bonchev–Trinajstić information content (AvgIpc) is 2.77. The van der Waals surface area contributed by atoms with Crippen LogP contribution in [0.1, 0.15) is 57.2 Å². The molecule has 2 amide bonds.